The van der Waals surface area contributed by atoms with Crippen LogP contribution in [0.25, 0.3) is 5.70 Å². The average Bonchev–Trinajstić information content (AvgIpc) is 3.41. The Morgan fingerprint density at radius 1 is 1.05 bits per heavy atom. The summed E-state index contributed by atoms with van der Waals surface area (Å²) in [5.74, 6) is 0.383. The molecule has 3 aromatic rings. The van der Waals surface area contributed by atoms with Crippen molar-refractivity contribution >= 4 is 50.9 Å². The second-order valence-electron chi connectivity index (χ2n) is 16.8. The van der Waals surface area contributed by atoms with Crippen molar-refractivity contribution in [1.82, 2.24) is 24.8 Å². The molecule has 1 aliphatic carbocycles. The number of benzene rings is 2. The molecule has 1 saturated carbocycles. The van der Waals surface area contributed by atoms with Crippen LogP contribution in [0.15, 0.2) is 66.2 Å². The number of unbranched alkanes of at least 4 members (excludes halogenated alkanes) is 2. The highest BCUT2D eigenvalue weighted by molar-refractivity contribution is 7.90. The van der Waals surface area contributed by atoms with E-state index >= 15 is 0 Å². The number of hydrogen-bond donors (Lipinski definition) is 2. The van der Waals surface area contributed by atoms with E-state index < -0.39 is 27.9 Å². The van der Waals surface area contributed by atoms with Crippen LogP contribution in [0.3, 0.4) is 0 Å². The molecule has 3 amide bonds. The highest BCUT2D eigenvalue weighted by Gasteiger charge is 2.64. The van der Waals surface area contributed by atoms with Gasteiger partial charge < -0.3 is 19.7 Å². The SMILES string of the molecule is C=C1c2cccc(OCCCCCN3CCN(c4ccc(C(=O)NC5C(C)(C)C(Oc6ccc(C#N)c(Cl)c6)C5(C)C)cn4)CC3)c2S(=O)(=O)N1C1CCC(=O)NC1=O. The molecule has 14 nitrogen and oxygen atoms in total. The number of amides is 3. The number of carbonyl (C=O) groups is 3. The number of piperazine rings is 1. The van der Waals surface area contributed by atoms with Crippen molar-refractivity contribution in [1.29, 1.82) is 5.26 Å². The van der Waals surface area contributed by atoms with E-state index in [9.17, 15) is 28.1 Å². The number of imide groups is 1. The third-order valence-corrected chi connectivity index (χ3v) is 14.3. The van der Waals surface area contributed by atoms with Gasteiger partial charge in [-0.1, -0.05) is 58.0 Å². The highest BCUT2D eigenvalue weighted by Crippen LogP contribution is 2.55. The van der Waals surface area contributed by atoms with Gasteiger partial charge in [0, 0.05) is 67.3 Å². The van der Waals surface area contributed by atoms with Crippen LogP contribution in [0.2, 0.25) is 5.02 Å². The summed E-state index contributed by atoms with van der Waals surface area (Å²) in [4.78, 5) is 46.9. The first-order valence-electron chi connectivity index (χ1n) is 20.0. The zero-order valence-electron chi connectivity index (χ0n) is 33.8. The Morgan fingerprint density at radius 2 is 1.80 bits per heavy atom. The normalized spacial score (nSPS) is 23.1. The fourth-order valence-corrected chi connectivity index (χ4v) is 11.4. The maximum Gasteiger partial charge on any atom is 0.269 e. The van der Waals surface area contributed by atoms with Crippen LogP contribution in [-0.2, 0) is 19.6 Å². The summed E-state index contributed by atoms with van der Waals surface area (Å²) in [5, 5.41) is 15.0. The molecule has 0 radical (unpaired) electrons. The molecule has 1 atom stereocenters. The molecular weight excluding hydrogens is 794 g/mol. The second-order valence-corrected chi connectivity index (χ2v) is 18.9. The van der Waals surface area contributed by atoms with E-state index in [2.05, 4.69) is 65.8 Å². The zero-order valence-corrected chi connectivity index (χ0v) is 35.4. The Hall–Kier alpha value is -5.17. The molecule has 3 fully saturated rings. The first kappa shape index (κ1) is 42.0. The topological polar surface area (TPSA) is 174 Å². The summed E-state index contributed by atoms with van der Waals surface area (Å²) in [6.07, 6.45) is 4.17. The van der Waals surface area contributed by atoms with Gasteiger partial charge in [-0.2, -0.15) is 5.26 Å². The number of rotatable bonds is 13. The Balaban J connectivity index is 0.831. The fraction of sp³-hybridized carbons (Fsp3) is 0.465. The van der Waals surface area contributed by atoms with Gasteiger partial charge in [0.15, 0.2) is 0 Å². The number of pyridine rings is 1. The van der Waals surface area contributed by atoms with E-state index in [1.54, 1.807) is 42.6 Å². The van der Waals surface area contributed by atoms with Crippen LogP contribution in [0.5, 0.6) is 11.5 Å². The number of nitriles is 1. The van der Waals surface area contributed by atoms with Crippen molar-refractivity contribution in [2.24, 2.45) is 10.8 Å². The molecule has 0 spiro atoms. The summed E-state index contributed by atoms with van der Waals surface area (Å²) < 4.78 is 40.7. The maximum absolute atomic E-state index is 13.6. The van der Waals surface area contributed by atoms with Gasteiger partial charge in [-0.3, -0.25) is 28.9 Å². The number of anilines is 1. The lowest BCUT2D eigenvalue weighted by molar-refractivity contribution is -0.164. The number of aromatic nitrogens is 1. The third-order valence-electron chi connectivity index (χ3n) is 12.1. The quantitative estimate of drug-likeness (QED) is 0.167. The molecule has 59 heavy (non-hydrogen) atoms. The van der Waals surface area contributed by atoms with Crippen LogP contribution < -0.4 is 25.0 Å². The Kier molecular flexibility index (Phi) is 11.7. The molecule has 3 aliphatic heterocycles. The molecule has 16 heteroatoms. The molecule has 1 unspecified atom stereocenters. The van der Waals surface area contributed by atoms with Crippen LogP contribution in [0, 0.1) is 22.2 Å². The van der Waals surface area contributed by atoms with E-state index in [1.807, 2.05) is 12.1 Å². The minimum Gasteiger partial charge on any atom is -0.492 e. The number of piperidine rings is 1. The lowest BCUT2D eigenvalue weighted by Crippen LogP contribution is -2.74. The molecule has 4 aliphatic rings. The zero-order chi connectivity index (χ0) is 42.3. The van der Waals surface area contributed by atoms with Gasteiger partial charge >= 0.3 is 0 Å². The third kappa shape index (κ3) is 8.10. The molecule has 2 saturated heterocycles. The van der Waals surface area contributed by atoms with Crippen molar-refractivity contribution in [3.63, 3.8) is 0 Å². The number of carbonyl (C=O) groups excluding carboxylic acids is 3. The summed E-state index contributed by atoms with van der Waals surface area (Å²) in [5.41, 5.74) is 0.715. The molecule has 7 rings (SSSR count). The van der Waals surface area contributed by atoms with E-state index in [4.69, 9.17) is 21.1 Å². The van der Waals surface area contributed by atoms with Crippen LogP contribution in [0.1, 0.15) is 81.3 Å². The lowest BCUT2D eigenvalue weighted by Gasteiger charge is -2.63. The number of ether oxygens (including phenoxy) is 2. The largest absolute Gasteiger partial charge is 0.492 e. The number of hydrogen-bond acceptors (Lipinski definition) is 11. The number of fused-ring (bicyclic) bond motifs is 1. The number of nitrogens with zero attached hydrogens (tertiary/aromatic N) is 5. The van der Waals surface area contributed by atoms with E-state index in [-0.39, 0.29) is 58.1 Å². The minimum atomic E-state index is -4.10. The standard InChI is InChI=1S/C43H50ClN7O7S/c1-27-31-10-9-11-34(37(31)59(55,56)51(27)33-15-17-36(52)47-39(33)54)57-23-8-6-7-18-49-19-21-50(22-20-49)35-16-13-29(26-46-35)38(53)48-40-42(2,3)41(43(40,4)5)58-30-14-12-28(25-45)32(44)24-30/h9-14,16,24,26,33,40-41H,1,6-8,15,17-23H2,2-5H3,(H,48,53)(H,47,52,54). The molecule has 1 aromatic heterocycles. The van der Waals surface area contributed by atoms with Crippen LogP contribution in [-0.4, -0.2) is 97.8 Å². The number of halogens is 1. The Labute approximate surface area is 350 Å². The van der Waals surface area contributed by atoms with Gasteiger partial charge in [0.1, 0.15) is 40.4 Å². The summed E-state index contributed by atoms with van der Waals surface area (Å²) >= 11 is 6.24. The van der Waals surface area contributed by atoms with E-state index in [0.717, 1.165) is 62.1 Å². The van der Waals surface area contributed by atoms with Crippen molar-refractivity contribution < 1.29 is 32.3 Å². The molecule has 4 heterocycles. The summed E-state index contributed by atoms with van der Waals surface area (Å²) in [6.45, 7) is 16.9. The first-order valence-corrected chi connectivity index (χ1v) is 21.8. The van der Waals surface area contributed by atoms with E-state index in [1.165, 1.54) is 0 Å². The van der Waals surface area contributed by atoms with Crippen molar-refractivity contribution in [2.45, 2.75) is 82.9 Å². The molecule has 0 bridgehead atoms. The minimum absolute atomic E-state index is 0.00935. The van der Waals surface area contributed by atoms with Crippen molar-refractivity contribution in [3.05, 3.63) is 83.0 Å². The predicted octanol–water partition coefficient (Wildman–Crippen LogP) is 5.37. The molecule has 2 N–H and O–H groups in total. The lowest BCUT2D eigenvalue weighted by atomic mass is 9.49. The molecular formula is C43H50ClN7O7S. The molecule has 312 valence electrons. The van der Waals surface area contributed by atoms with Crippen LogP contribution >= 0.6 is 11.6 Å². The van der Waals surface area contributed by atoms with Gasteiger partial charge in [-0.15, -0.1) is 0 Å². The van der Waals surface area contributed by atoms with Crippen molar-refractivity contribution in [3.8, 4) is 17.6 Å². The van der Waals surface area contributed by atoms with Gasteiger partial charge in [-0.25, -0.2) is 13.4 Å². The van der Waals surface area contributed by atoms with Gasteiger partial charge in [-0.05, 0) is 62.6 Å². The van der Waals surface area contributed by atoms with Gasteiger partial charge in [0.05, 0.1) is 28.5 Å². The Bertz CT molecular complexity index is 2290. The predicted molar refractivity (Wildman–Crippen MR) is 222 cm³/mol. The number of nitrogens with one attached hydrogen (secondary N) is 2. The smallest absolute Gasteiger partial charge is 0.269 e. The maximum atomic E-state index is 13.6. The Morgan fingerprint density at radius 3 is 2.46 bits per heavy atom. The van der Waals surface area contributed by atoms with Gasteiger partial charge in [0.25, 0.3) is 15.9 Å². The highest BCUT2D eigenvalue weighted by atomic mass is 35.5. The average molecular weight is 844 g/mol. The summed E-state index contributed by atoms with van der Waals surface area (Å²) in [7, 11) is -4.10. The summed E-state index contributed by atoms with van der Waals surface area (Å²) in [6, 6.07) is 14.6. The van der Waals surface area contributed by atoms with Gasteiger partial charge in [0.2, 0.25) is 11.8 Å². The first-order chi connectivity index (χ1) is 28.0. The fourth-order valence-electron chi connectivity index (χ4n) is 9.26. The number of sulfonamides is 1. The molecule has 2 aromatic carbocycles. The van der Waals surface area contributed by atoms with Crippen LogP contribution in [0.4, 0.5) is 5.82 Å². The second kappa shape index (κ2) is 16.5. The van der Waals surface area contributed by atoms with Crippen molar-refractivity contribution in [2.75, 3.05) is 44.2 Å². The monoisotopic (exact) mass is 843 g/mol. The van der Waals surface area contributed by atoms with E-state index in [0.29, 0.717) is 34.1 Å².